The Labute approximate surface area is 199 Å². The van der Waals surface area contributed by atoms with Gasteiger partial charge in [-0.25, -0.2) is 0 Å². The molecule has 1 aliphatic rings. The summed E-state index contributed by atoms with van der Waals surface area (Å²) in [4.78, 5) is 33.7. The number of carbonyl (C=O) groups excluding carboxylic acids is 2. The number of carbonyl (C=O) groups is 2. The van der Waals surface area contributed by atoms with Gasteiger partial charge in [0, 0.05) is 35.1 Å². The van der Waals surface area contributed by atoms with E-state index in [1.807, 2.05) is 79.7 Å². The quantitative estimate of drug-likeness (QED) is 0.444. The second-order valence-corrected chi connectivity index (χ2v) is 8.90. The Balaban J connectivity index is 1.62. The van der Waals surface area contributed by atoms with Crippen LogP contribution in [0.1, 0.15) is 27.5 Å². The van der Waals surface area contributed by atoms with Crippen molar-refractivity contribution < 1.29 is 9.59 Å². The summed E-state index contributed by atoms with van der Waals surface area (Å²) in [7, 11) is 3.93. The van der Waals surface area contributed by atoms with Crippen LogP contribution in [0.2, 0.25) is 0 Å². The van der Waals surface area contributed by atoms with Crippen LogP contribution >= 0.6 is 0 Å². The Hall–Kier alpha value is -3.90. The molecule has 0 aliphatic carbocycles. The van der Waals surface area contributed by atoms with E-state index in [4.69, 9.17) is 0 Å². The number of para-hydroxylation sites is 1. The molecule has 34 heavy (non-hydrogen) atoms. The predicted molar refractivity (Wildman–Crippen MR) is 135 cm³/mol. The number of rotatable bonds is 7. The van der Waals surface area contributed by atoms with Crippen LogP contribution in [-0.4, -0.2) is 60.3 Å². The Morgan fingerprint density at radius 2 is 1.68 bits per heavy atom. The van der Waals surface area contributed by atoms with Crippen molar-refractivity contribution >= 4 is 22.7 Å². The molecule has 1 aromatic heterocycles. The maximum absolute atomic E-state index is 13.5. The van der Waals surface area contributed by atoms with Crippen LogP contribution in [0.4, 0.5) is 0 Å². The third kappa shape index (κ3) is 3.97. The average Bonchev–Trinajstić information content (AvgIpc) is 3.35. The number of aromatic amines is 1. The van der Waals surface area contributed by atoms with Crippen molar-refractivity contribution in [3.05, 3.63) is 95.6 Å². The fourth-order valence-corrected chi connectivity index (χ4v) is 4.75. The van der Waals surface area contributed by atoms with Crippen LogP contribution in [0.25, 0.3) is 22.2 Å². The summed E-state index contributed by atoms with van der Waals surface area (Å²) >= 11 is 0. The number of hydrogen-bond acceptors (Lipinski definition) is 3. The highest BCUT2D eigenvalue weighted by Gasteiger charge is 2.40. The van der Waals surface area contributed by atoms with E-state index >= 15 is 0 Å². The zero-order valence-electron chi connectivity index (χ0n) is 19.4. The highest BCUT2D eigenvalue weighted by Crippen LogP contribution is 2.45. The van der Waals surface area contributed by atoms with Crippen molar-refractivity contribution in [2.45, 2.75) is 6.04 Å². The largest absolute Gasteiger partial charge is 0.354 e. The first-order chi connectivity index (χ1) is 16.5. The minimum absolute atomic E-state index is 0.000650. The lowest BCUT2D eigenvalue weighted by atomic mass is 9.93. The molecule has 4 aromatic rings. The van der Waals surface area contributed by atoms with Crippen molar-refractivity contribution in [1.82, 2.24) is 20.1 Å². The molecule has 2 amide bonds. The normalized spacial score (nSPS) is 15.2. The molecule has 0 spiro atoms. The molecule has 0 saturated heterocycles. The number of nitrogens with zero attached hydrogens (tertiary/aromatic N) is 2. The molecule has 0 fully saturated rings. The first kappa shape index (κ1) is 21.9. The molecular weight excluding hydrogens is 424 g/mol. The smallest absolute Gasteiger partial charge is 0.255 e. The summed E-state index contributed by atoms with van der Waals surface area (Å²) in [5, 5.41) is 4.01. The van der Waals surface area contributed by atoms with Gasteiger partial charge in [0.15, 0.2) is 0 Å². The first-order valence-corrected chi connectivity index (χ1v) is 11.5. The van der Waals surface area contributed by atoms with Gasteiger partial charge in [-0.3, -0.25) is 9.59 Å². The molecule has 3 aromatic carbocycles. The summed E-state index contributed by atoms with van der Waals surface area (Å²) in [5.74, 6) is -0.276. The summed E-state index contributed by atoms with van der Waals surface area (Å²) in [6.07, 6.45) is 0. The molecular formula is C28H28N4O2. The number of amides is 2. The van der Waals surface area contributed by atoms with Crippen LogP contribution in [0.3, 0.4) is 0 Å². The van der Waals surface area contributed by atoms with Gasteiger partial charge in [-0.1, -0.05) is 66.7 Å². The van der Waals surface area contributed by atoms with Gasteiger partial charge in [0.05, 0.1) is 11.7 Å². The molecule has 5 rings (SSSR count). The fourth-order valence-electron chi connectivity index (χ4n) is 4.75. The number of hydrogen-bond donors (Lipinski definition) is 2. The first-order valence-electron chi connectivity index (χ1n) is 11.5. The van der Waals surface area contributed by atoms with Gasteiger partial charge in [0.1, 0.15) is 6.54 Å². The van der Waals surface area contributed by atoms with Crippen molar-refractivity contribution in [3.63, 3.8) is 0 Å². The second kappa shape index (κ2) is 9.15. The molecule has 172 valence electrons. The Kier molecular flexibility index (Phi) is 5.90. The van der Waals surface area contributed by atoms with Crippen molar-refractivity contribution in [2.24, 2.45) is 0 Å². The second-order valence-electron chi connectivity index (χ2n) is 8.90. The molecule has 0 saturated carbocycles. The summed E-state index contributed by atoms with van der Waals surface area (Å²) in [5.41, 5.74) is 5.61. The molecule has 6 nitrogen and oxygen atoms in total. The molecule has 1 unspecified atom stereocenters. The van der Waals surface area contributed by atoms with E-state index in [-0.39, 0.29) is 24.4 Å². The van der Waals surface area contributed by atoms with Crippen LogP contribution in [0, 0.1) is 0 Å². The lowest BCUT2D eigenvalue weighted by molar-refractivity contribution is -0.122. The highest BCUT2D eigenvalue weighted by molar-refractivity contribution is 6.03. The van der Waals surface area contributed by atoms with Gasteiger partial charge < -0.3 is 20.1 Å². The maximum atomic E-state index is 13.5. The molecule has 0 bridgehead atoms. The van der Waals surface area contributed by atoms with Gasteiger partial charge in [0.25, 0.3) is 5.91 Å². The van der Waals surface area contributed by atoms with Crippen molar-refractivity contribution in [3.8, 4) is 11.3 Å². The Bertz CT molecular complexity index is 1340. The topological polar surface area (TPSA) is 68.4 Å². The minimum atomic E-state index is -0.366. The molecule has 2 heterocycles. The monoisotopic (exact) mass is 452 g/mol. The summed E-state index contributed by atoms with van der Waals surface area (Å²) < 4.78 is 0. The third-order valence-electron chi connectivity index (χ3n) is 6.34. The molecule has 2 N–H and O–H groups in total. The highest BCUT2D eigenvalue weighted by atomic mass is 16.2. The zero-order chi connectivity index (χ0) is 23.7. The third-order valence-corrected chi connectivity index (χ3v) is 6.34. The van der Waals surface area contributed by atoms with E-state index in [9.17, 15) is 9.59 Å². The van der Waals surface area contributed by atoms with Gasteiger partial charge in [-0.05, 0) is 37.4 Å². The molecule has 1 atom stereocenters. The lowest BCUT2D eigenvalue weighted by Crippen LogP contribution is -2.41. The van der Waals surface area contributed by atoms with Gasteiger partial charge in [-0.15, -0.1) is 0 Å². The van der Waals surface area contributed by atoms with E-state index < -0.39 is 0 Å². The van der Waals surface area contributed by atoms with Crippen LogP contribution in [0.15, 0.2) is 78.9 Å². The standard InChI is InChI=1S/C28H28N4O2/c1-31(2)17-16-29-24(33)18-32-27(20-12-6-7-13-21(20)28(32)34)25-22-14-8-9-15-23(22)30-26(25)19-10-4-3-5-11-19/h3-15,27,30H,16-18H2,1-2H3,(H,29,33). The number of fused-ring (bicyclic) bond motifs is 2. The maximum Gasteiger partial charge on any atom is 0.255 e. The number of likely N-dealkylation sites (N-methyl/N-ethyl adjacent to an activating group) is 1. The van der Waals surface area contributed by atoms with Crippen molar-refractivity contribution in [1.29, 1.82) is 0 Å². The number of H-pyrrole nitrogens is 1. The van der Waals surface area contributed by atoms with Crippen LogP contribution < -0.4 is 5.32 Å². The zero-order valence-corrected chi connectivity index (χ0v) is 19.4. The SMILES string of the molecule is CN(C)CCNC(=O)CN1C(=O)c2ccccc2C1c1c(-c2ccccc2)[nH]c2ccccc12. The minimum Gasteiger partial charge on any atom is -0.354 e. The Morgan fingerprint density at radius 1 is 0.971 bits per heavy atom. The van der Waals surface area contributed by atoms with E-state index in [2.05, 4.69) is 28.5 Å². The van der Waals surface area contributed by atoms with E-state index in [0.29, 0.717) is 12.1 Å². The predicted octanol–water partition coefficient (Wildman–Crippen LogP) is 4.06. The lowest BCUT2D eigenvalue weighted by Gasteiger charge is -2.26. The average molecular weight is 453 g/mol. The number of nitrogens with one attached hydrogen (secondary N) is 2. The van der Waals surface area contributed by atoms with Gasteiger partial charge in [-0.2, -0.15) is 0 Å². The Morgan fingerprint density at radius 3 is 2.47 bits per heavy atom. The van der Waals surface area contributed by atoms with E-state index in [1.54, 1.807) is 4.90 Å². The van der Waals surface area contributed by atoms with Crippen LogP contribution in [-0.2, 0) is 4.79 Å². The van der Waals surface area contributed by atoms with Crippen LogP contribution in [0.5, 0.6) is 0 Å². The summed E-state index contributed by atoms with van der Waals surface area (Å²) in [6, 6.07) is 25.6. The van der Waals surface area contributed by atoms with E-state index in [0.717, 1.165) is 39.8 Å². The molecule has 1 aliphatic heterocycles. The molecule has 0 radical (unpaired) electrons. The van der Waals surface area contributed by atoms with E-state index in [1.165, 1.54) is 0 Å². The van der Waals surface area contributed by atoms with Crippen molar-refractivity contribution in [2.75, 3.05) is 33.7 Å². The summed E-state index contributed by atoms with van der Waals surface area (Å²) in [6.45, 7) is 1.27. The van der Waals surface area contributed by atoms with Gasteiger partial charge >= 0.3 is 0 Å². The number of aromatic nitrogens is 1. The molecule has 6 heteroatoms. The fraction of sp³-hybridized carbons (Fsp3) is 0.214. The van der Waals surface area contributed by atoms with Gasteiger partial charge in [0.2, 0.25) is 5.91 Å². The number of benzene rings is 3.